The molecule has 0 saturated carbocycles. The number of rotatable bonds is 5. The summed E-state index contributed by atoms with van der Waals surface area (Å²) in [6.45, 7) is 0.178. The van der Waals surface area contributed by atoms with Gasteiger partial charge in [-0.15, -0.1) is 0 Å². The zero-order valence-electron chi connectivity index (χ0n) is 9.62. The maximum atomic E-state index is 11.0. The van der Waals surface area contributed by atoms with Crippen LogP contribution in [0.2, 0.25) is 0 Å². The molecule has 0 aliphatic heterocycles. The molecule has 0 saturated heterocycles. The Morgan fingerprint density at radius 1 is 1.50 bits per heavy atom. The Balaban J connectivity index is 2.20. The highest BCUT2D eigenvalue weighted by Crippen LogP contribution is 2.25. The minimum absolute atomic E-state index is 0.0762. The van der Waals surface area contributed by atoms with Crippen LogP contribution in [0.25, 0.3) is 0 Å². The number of carboxylic acids is 1. The first-order valence-electron chi connectivity index (χ1n) is 5.13. The van der Waals surface area contributed by atoms with E-state index in [4.69, 9.17) is 14.6 Å². The van der Waals surface area contributed by atoms with Gasteiger partial charge in [0.1, 0.15) is 29.9 Å². The number of benzene rings is 1. The Bertz CT molecular complexity index is 535. The molecule has 0 atom stereocenters. The standard InChI is InChI=1S/C12H11NO5/c1-16-9-2-3-10(12(14)15)11(4-9)17-6-8-5-13-18-7-8/h2-5,7H,6H2,1H3,(H,14,15). The van der Waals surface area contributed by atoms with Gasteiger partial charge < -0.3 is 19.1 Å². The fraction of sp³-hybridized carbons (Fsp3) is 0.167. The van der Waals surface area contributed by atoms with Crippen molar-refractivity contribution in [1.82, 2.24) is 5.16 Å². The molecule has 0 radical (unpaired) electrons. The van der Waals surface area contributed by atoms with Gasteiger partial charge in [-0.2, -0.15) is 0 Å². The number of methoxy groups -OCH3 is 1. The summed E-state index contributed by atoms with van der Waals surface area (Å²) in [5, 5.41) is 12.6. The SMILES string of the molecule is COc1ccc(C(=O)O)c(OCc2cnoc2)c1. The molecule has 94 valence electrons. The number of aromatic carboxylic acids is 1. The normalized spacial score (nSPS) is 10.1. The Morgan fingerprint density at radius 2 is 2.33 bits per heavy atom. The fourth-order valence-electron chi connectivity index (χ4n) is 1.38. The van der Waals surface area contributed by atoms with Crippen LogP contribution in [0.4, 0.5) is 0 Å². The smallest absolute Gasteiger partial charge is 0.339 e. The molecule has 1 aromatic carbocycles. The maximum absolute atomic E-state index is 11.0. The van der Waals surface area contributed by atoms with Gasteiger partial charge in [-0.3, -0.25) is 0 Å². The number of carboxylic acid groups (broad SMARTS) is 1. The molecule has 1 heterocycles. The van der Waals surface area contributed by atoms with Crippen molar-refractivity contribution in [2.75, 3.05) is 7.11 Å². The summed E-state index contributed by atoms with van der Waals surface area (Å²) in [4.78, 5) is 11.0. The van der Waals surface area contributed by atoms with E-state index < -0.39 is 5.97 Å². The molecule has 0 unspecified atom stereocenters. The number of carbonyl (C=O) groups is 1. The average Bonchev–Trinajstić information content (AvgIpc) is 2.88. The van der Waals surface area contributed by atoms with Gasteiger partial charge in [0, 0.05) is 11.6 Å². The molecule has 0 bridgehead atoms. The number of ether oxygens (including phenoxy) is 2. The minimum atomic E-state index is -1.06. The third-order valence-electron chi connectivity index (χ3n) is 2.30. The second kappa shape index (κ2) is 5.22. The van der Waals surface area contributed by atoms with Crippen LogP contribution in [0.3, 0.4) is 0 Å². The molecule has 0 aliphatic carbocycles. The Kier molecular flexibility index (Phi) is 3.47. The molecule has 18 heavy (non-hydrogen) atoms. The molecular weight excluding hydrogens is 238 g/mol. The van der Waals surface area contributed by atoms with Gasteiger partial charge in [-0.05, 0) is 12.1 Å². The fourth-order valence-corrected chi connectivity index (χ4v) is 1.38. The van der Waals surface area contributed by atoms with E-state index in [1.54, 1.807) is 6.07 Å². The lowest BCUT2D eigenvalue weighted by Gasteiger charge is -2.09. The third kappa shape index (κ3) is 2.60. The van der Waals surface area contributed by atoms with E-state index in [0.29, 0.717) is 11.3 Å². The van der Waals surface area contributed by atoms with Gasteiger partial charge in [0.15, 0.2) is 0 Å². The van der Waals surface area contributed by atoms with Gasteiger partial charge in [-0.1, -0.05) is 5.16 Å². The first kappa shape index (κ1) is 12.0. The first-order chi connectivity index (χ1) is 8.70. The van der Waals surface area contributed by atoms with Crippen LogP contribution in [0.5, 0.6) is 11.5 Å². The largest absolute Gasteiger partial charge is 0.497 e. The molecule has 2 aromatic rings. The molecular formula is C12H11NO5. The van der Waals surface area contributed by atoms with Gasteiger partial charge in [-0.25, -0.2) is 4.79 Å². The van der Waals surface area contributed by atoms with Crippen LogP contribution in [-0.2, 0) is 6.61 Å². The lowest BCUT2D eigenvalue weighted by atomic mass is 10.2. The van der Waals surface area contributed by atoms with Crippen LogP contribution in [0.15, 0.2) is 35.2 Å². The van der Waals surface area contributed by atoms with Crippen LogP contribution >= 0.6 is 0 Å². The predicted octanol–water partition coefficient (Wildman–Crippen LogP) is 1.96. The molecule has 0 aliphatic rings. The molecule has 1 aromatic heterocycles. The highest BCUT2D eigenvalue weighted by atomic mass is 16.5. The van der Waals surface area contributed by atoms with E-state index in [0.717, 1.165) is 0 Å². The monoisotopic (exact) mass is 249 g/mol. The summed E-state index contributed by atoms with van der Waals surface area (Å²) < 4.78 is 15.1. The number of hydrogen-bond acceptors (Lipinski definition) is 5. The summed E-state index contributed by atoms with van der Waals surface area (Å²) in [7, 11) is 1.50. The van der Waals surface area contributed by atoms with Crippen molar-refractivity contribution in [2.24, 2.45) is 0 Å². The van der Waals surface area contributed by atoms with E-state index in [1.807, 2.05) is 0 Å². The predicted molar refractivity (Wildman–Crippen MR) is 60.8 cm³/mol. The van der Waals surface area contributed by atoms with E-state index in [2.05, 4.69) is 9.68 Å². The van der Waals surface area contributed by atoms with E-state index >= 15 is 0 Å². The second-order valence-electron chi connectivity index (χ2n) is 3.49. The molecule has 2 rings (SSSR count). The number of aromatic nitrogens is 1. The van der Waals surface area contributed by atoms with Gasteiger partial charge in [0.05, 0.1) is 13.3 Å². The van der Waals surface area contributed by atoms with Crippen molar-refractivity contribution < 1.29 is 23.9 Å². The second-order valence-corrected chi connectivity index (χ2v) is 3.49. The molecule has 1 N–H and O–H groups in total. The Morgan fingerprint density at radius 3 is 2.94 bits per heavy atom. The molecule has 0 amide bonds. The van der Waals surface area contributed by atoms with Crippen molar-refractivity contribution in [2.45, 2.75) is 6.61 Å². The maximum Gasteiger partial charge on any atom is 0.339 e. The quantitative estimate of drug-likeness (QED) is 0.872. The topological polar surface area (TPSA) is 81.8 Å². The van der Waals surface area contributed by atoms with E-state index in [9.17, 15) is 4.79 Å². The molecule has 0 fully saturated rings. The van der Waals surface area contributed by atoms with Crippen molar-refractivity contribution in [3.05, 3.63) is 41.8 Å². The zero-order chi connectivity index (χ0) is 13.0. The van der Waals surface area contributed by atoms with Crippen molar-refractivity contribution >= 4 is 5.97 Å². The van der Waals surface area contributed by atoms with Gasteiger partial charge in [0.25, 0.3) is 0 Å². The highest BCUT2D eigenvalue weighted by molar-refractivity contribution is 5.91. The zero-order valence-corrected chi connectivity index (χ0v) is 9.62. The third-order valence-corrected chi connectivity index (χ3v) is 2.30. The summed E-state index contributed by atoms with van der Waals surface area (Å²) >= 11 is 0. The summed E-state index contributed by atoms with van der Waals surface area (Å²) in [5.41, 5.74) is 0.793. The van der Waals surface area contributed by atoms with E-state index in [-0.39, 0.29) is 17.9 Å². The molecule has 6 heteroatoms. The van der Waals surface area contributed by atoms with Crippen LogP contribution < -0.4 is 9.47 Å². The van der Waals surface area contributed by atoms with E-state index in [1.165, 1.54) is 31.7 Å². The Hall–Kier alpha value is -2.50. The average molecular weight is 249 g/mol. The number of nitrogens with zero attached hydrogens (tertiary/aromatic N) is 1. The molecule has 6 nitrogen and oxygen atoms in total. The van der Waals surface area contributed by atoms with Crippen molar-refractivity contribution in [1.29, 1.82) is 0 Å². The van der Waals surface area contributed by atoms with Crippen LogP contribution in [-0.4, -0.2) is 23.3 Å². The van der Waals surface area contributed by atoms with Crippen LogP contribution in [0.1, 0.15) is 15.9 Å². The van der Waals surface area contributed by atoms with Crippen LogP contribution in [0, 0.1) is 0 Å². The summed E-state index contributed by atoms with van der Waals surface area (Å²) in [6.07, 6.45) is 2.93. The Labute approximate surface area is 103 Å². The minimum Gasteiger partial charge on any atom is -0.497 e. The number of hydrogen-bond donors (Lipinski definition) is 1. The lowest BCUT2D eigenvalue weighted by Crippen LogP contribution is -2.03. The highest BCUT2D eigenvalue weighted by Gasteiger charge is 2.12. The molecule has 0 spiro atoms. The summed E-state index contributed by atoms with van der Waals surface area (Å²) in [6, 6.07) is 4.52. The van der Waals surface area contributed by atoms with Gasteiger partial charge in [0.2, 0.25) is 0 Å². The summed E-state index contributed by atoms with van der Waals surface area (Å²) in [5.74, 6) is -0.290. The lowest BCUT2D eigenvalue weighted by molar-refractivity contribution is 0.0691. The van der Waals surface area contributed by atoms with Crippen molar-refractivity contribution in [3.8, 4) is 11.5 Å². The van der Waals surface area contributed by atoms with Crippen molar-refractivity contribution in [3.63, 3.8) is 0 Å². The van der Waals surface area contributed by atoms with Gasteiger partial charge >= 0.3 is 5.97 Å². The first-order valence-corrected chi connectivity index (χ1v) is 5.13.